The van der Waals surface area contributed by atoms with Crippen LogP contribution in [0.5, 0.6) is 5.75 Å². The van der Waals surface area contributed by atoms with Gasteiger partial charge in [-0.25, -0.2) is 4.68 Å². The molecule has 2 aromatic rings. The number of hydrogen-bond donors (Lipinski definition) is 1. The molecule has 1 aromatic heterocycles. The number of methoxy groups -OCH3 is 1. The van der Waals surface area contributed by atoms with E-state index in [4.69, 9.17) is 4.74 Å². The maximum Gasteiger partial charge on any atom is 0.410 e. The summed E-state index contributed by atoms with van der Waals surface area (Å²) in [5, 5.41) is 7.29. The van der Waals surface area contributed by atoms with E-state index < -0.39 is 18.3 Å². The molecule has 2 aliphatic heterocycles. The van der Waals surface area contributed by atoms with Gasteiger partial charge in [-0.3, -0.25) is 9.69 Å². The minimum absolute atomic E-state index is 0.151. The molecule has 1 aromatic carbocycles. The zero-order chi connectivity index (χ0) is 26.9. The summed E-state index contributed by atoms with van der Waals surface area (Å²) in [4.78, 5) is 18.1. The van der Waals surface area contributed by atoms with Gasteiger partial charge in [0.05, 0.1) is 19.3 Å². The molecular formula is C29H36F3N5O2. The highest BCUT2D eigenvalue weighted by molar-refractivity contribution is 5.99. The molecule has 1 saturated heterocycles. The zero-order valence-corrected chi connectivity index (χ0v) is 22.3. The number of fused-ring (bicyclic) bond motifs is 1. The van der Waals surface area contributed by atoms with Crippen molar-refractivity contribution in [3.8, 4) is 5.75 Å². The minimum atomic E-state index is -4.49. The lowest BCUT2D eigenvalue weighted by molar-refractivity contribution is -0.173. The Bertz CT molecular complexity index is 1200. The number of rotatable bonds is 4. The summed E-state index contributed by atoms with van der Waals surface area (Å²) < 4.78 is 48.6. The molecule has 4 aliphatic carbocycles. The number of hydrogen-bond acceptors (Lipinski definition) is 5. The van der Waals surface area contributed by atoms with E-state index in [1.54, 1.807) is 36.3 Å². The third-order valence-corrected chi connectivity index (χ3v) is 10.2. The lowest BCUT2D eigenvalue weighted by Crippen LogP contribution is -2.64. The Kier molecular flexibility index (Phi) is 5.92. The molecule has 3 heterocycles. The quantitative estimate of drug-likeness (QED) is 0.569. The van der Waals surface area contributed by atoms with Crippen molar-refractivity contribution >= 4 is 11.7 Å². The Morgan fingerprint density at radius 2 is 1.59 bits per heavy atom. The highest BCUT2D eigenvalue weighted by atomic mass is 19.4. The third-order valence-electron chi connectivity index (χ3n) is 10.2. The number of carbonyl (C=O) groups excluding carboxylic acids is 1. The van der Waals surface area contributed by atoms with Gasteiger partial charge < -0.3 is 15.0 Å². The van der Waals surface area contributed by atoms with E-state index in [2.05, 4.69) is 15.3 Å². The molecule has 4 saturated carbocycles. The number of halogens is 3. The van der Waals surface area contributed by atoms with Crippen molar-refractivity contribution in [2.75, 3.05) is 38.6 Å². The molecule has 7 nitrogen and oxygen atoms in total. The lowest BCUT2D eigenvalue weighted by Gasteiger charge is -2.61. The van der Waals surface area contributed by atoms with Crippen molar-refractivity contribution in [3.05, 3.63) is 41.6 Å². The first kappa shape index (κ1) is 25.2. The van der Waals surface area contributed by atoms with Gasteiger partial charge in [-0.05, 0) is 74.0 Å². The first-order valence-corrected chi connectivity index (χ1v) is 14.3. The molecule has 4 bridgehead atoms. The fraction of sp³-hybridized carbons (Fsp3) is 0.655. The van der Waals surface area contributed by atoms with Gasteiger partial charge in [0.1, 0.15) is 17.1 Å². The Labute approximate surface area is 226 Å². The Morgan fingerprint density at radius 3 is 2.15 bits per heavy atom. The summed E-state index contributed by atoms with van der Waals surface area (Å²) in [5.41, 5.74) is 1.22. The summed E-state index contributed by atoms with van der Waals surface area (Å²) in [6.07, 6.45) is 4.68. The standard InChI is InChI=1S/C29H36F3N5O2/c1-39-22-4-2-21(3-5-22)24-13-25(29(30,31)32)37-26(34-24)23(17-33-37)27(38)35-6-8-36(9-7-35)28-14-18-10-19(15-28)12-20(11-18)16-28/h2-5,17-20,24-25,34H,6-16H2,1H3/t18?,19?,20?,24-,25+,28?/m1/s1. The summed E-state index contributed by atoms with van der Waals surface area (Å²) in [7, 11) is 1.55. The summed E-state index contributed by atoms with van der Waals surface area (Å²) >= 11 is 0. The van der Waals surface area contributed by atoms with Crippen LogP contribution in [0.1, 0.15) is 73.0 Å². The maximum atomic E-state index is 14.1. The molecule has 39 heavy (non-hydrogen) atoms. The smallest absolute Gasteiger partial charge is 0.410 e. The van der Waals surface area contributed by atoms with Crippen LogP contribution in [-0.4, -0.2) is 70.5 Å². The van der Waals surface area contributed by atoms with E-state index in [9.17, 15) is 18.0 Å². The van der Waals surface area contributed by atoms with Crippen molar-refractivity contribution in [1.82, 2.24) is 19.6 Å². The fourth-order valence-electron chi connectivity index (χ4n) is 8.78. The van der Waals surface area contributed by atoms with Crippen LogP contribution >= 0.6 is 0 Å². The van der Waals surface area contributed by atoms with Crippen LogP contribution < -0.4 is 10.1 Å². The zero-order valence-electron chi connectivity index (χ0n) is 22.3. The molecule has 5 fully saturated rings. The molecule has 0 spiro atoms. The van der Waals surface area contributed by atoms with Gasteiger partial charge in [0.15, 0.2) is 6.04 Å². The normalized spacial score (nSPS) is 34.1. The molecule has 2 atom stereocenters. The molecule has 6 aliphatic rings. The van der Waals surface area contributed by atoms with Gasteiger partial charge >= 0.3 is 6.18 Å². The van der Waals surface area contributed by atoms with Crippen LogP contribution in [0.15, 0.2) is 30.5 Å². The Balaban J connectivity index is 1.09. The molecule has 210 valence electrons. The largest absolute Gasteiger partial charge is 0.497 e. The van der Waals surface area contributed by atoms with Crippen LogP contribution in [0.4, 0.5) is 19.0 Å². The van der Waals surface area contributed by atoms with E-state index in [1.807, 2.05) is 0 Å². The van der Waals surface area contributed by atoms with Crippen molar-refractivity contribution in [2.24, 2.45) is 17.8 Å². The number of nitrogens with zero attached hydrogens (tertiary/aromatic N) is 4. The second kappa shape index (κ2) is 9.14. The SMILES string of the molecule is COc1ccc([C@H]2C[C@@H](C(F)(F)F)n3ncc(C(=O)N4CCN(C56CC7CC(CC(C7)C5)C6)CC4)c3N2)cc1. The van der Waals surface area contributed by atoms with E-state index >= 15 is 0 Å². The average Bonchev–Trinajstić information content (AvgIpc) is 3.35. The monoisotopic (exact) mass is 543 g/mol. The first-order valence-electron chi connectivity index (χ1n) is 14.3. The number of amides is 1. The average molecular weight is 544 g/mol. The van der Waals surface area contributed by atoms with E-state index in [-0.39, 0.29) is 23.7 Å². The van der Waals surface area contributed by atoms with Crippen molar-refractivity contribution in [2.45, 2.75) is 68.7 Å². The van der Waals surface area contributed by atoms with Gasteiger partial charge in [-0.1, -0.05) is 12.1 Å². The van der Waals surface area contributed by atoms with E-state index in [1.165, 1.54) is 44.7 Å². The second-order valence-corrected chi connectivity index (χ2v) is 12.5. The summed E-state index contributed by atoms with van der Waals surface area (Å²) in [5.74, 6) is 3.13. The van der Waals surface area contributed by atoms with Crippen LogP contribution in [0.3, 0.4) is 0 Å². The highest BCUT2D eigenvalue weighted by Crippen LogP contribution is 2.58. The number of benzene rings is 1. The Hall–Kier alpha value is -2.75. The number of anilines is 1. The van der Waals surface area contributed by atoms with Crippen molar-refractivity contribution in [1.29, 1.82) is 0 Å². The van der Waals surface area contributed by atoms with Crippen LogP contribution in [0.25, 0.3) is 0 Å². The molecule has 0 radical (unpaired) electrons. The molecule has 10 heteroatoms. The molecular weight excluding hydrogens is 507 g/mol. The number of piperazine rings is 1. The summed E-state index contributed by atoms with van der Waals surface area (Å²) in [6, 6.07) is 4.59. The number of nitrogens with one attached hydrogen (secondary N) is 1. The third kappa shape index (κ3) is 4.30. The minimum Gasteiger partial charge on any atom is -0.497 e. The molecule has 1 N–H and O–H groups in total. The first-order chi connectivity index (χ1) is 18.7. The van der Waals surface area contributed by atoms with Gasteiger partial charge in [0.25, 0.3) is 5.91 Å². The van der Waals surface area contributed by atoms with Gasteiger partial charge in [-0.2, -0.15) is 18.3 Å². The van der Waals surface area contributed by atoms with Crippen molar-refractivity contribution < 1.29 is 22.7 Å². The Morgan fingerprint density at radius 1 is 0.974 bits per heavy atom. The maximum absolute atomic E-state index is 14.1. The number of alkyl halides is 3. The topological polar surface area (TPSA) is 62.6 Å². The molecule has 8 rings (SSSR count). The van der Waals surface area contributed by atoms with Gasteiger partial charge in [0, 0.05) is 38.1 Å². The van der Waals surface area contributed by atoms with Crippen LogP contribution in [0.2, 0.25) is 0 Å². The number of carbonyl (C=O) groups is 1. The van der Waals surface area contributed by atoms with Crippen molar-refractivity contribution in [3.63, 3.8) is 0 Å². The number of ether oxygens (including phenoxy) is 1. The predicted molar refractivity (Wildman–Crippen MR) is 140 cm³/mol. The van der Waals surface area contributed by atoms with Crippen LogP contribution in [-0.2, 0) is 0 Å². The predicted octanol–water partition coefficient (Wildman–Crippen LogP) is 5.28. The van der Waals surface area contributed by atoms with Gasteiger partial charge in [-0.15, -0.1) is 0 Å². The lowest BCUT2D eigenvalue weighted by atomic mass is 9.52. The van der Waals surface area contributed by atoms with E-state index in [0.717, 1.165) is 35.5 Å². The van der Waals surface area contributed by atoms with E-state index in [0.29, 0.717) is 29.9 Å². The van der Waals surface area contributed by atoms with Gasteiger partial charge in [0.2, 0.25) is 0 Å². The molecule has 0 unspecified atom stereocenters. The molecule has 1 amide bonds. The number of aromatic nitrogens is 2. The second-order valence-electron chi connectivity index (χ2n) is 12.5. The highest BCUT2D eigenvalue weighted by Gasteiger charge is 2.54. The van der Waals surface area contributed by atoms with Crippen LogP contribution in [0, 0.1) is 17.8 Å². The fourth-order valence-corrected chi connectivity index (χ4v) is 8.78. The summed E-state index contributed by atoms with van der Waals surface area (Å²) in [6.45, 7) is 2.84.